The van der Waals surface area contributed by atoms with E-state index < -0.39 is 0 Å². The first kappa shape index (κ1) is 16.2. The summed E-state index contributed by atoms with van der Waals surface area (Å²) in [5, 5.41) is 7.86. The Balaban J connectivity index is 2.30. The van der Waals surface area contributed by atoms with Crippen LogP contribution in [-0.4, -0.2) is 27.4 Å². The largest absolute Gasteiger partial charge is 0.312 e. The molecule has 0 bridgehead atoms. The summed E-state index contributed by atoms with van der Waals surface area (Å²) in [6.45, 7) is 14.6. The lowest BCUT2D eigenvalue weighted by Crippen LogP contribution is -2.47. The first-order valence-electron chi connectivity index (χ1n) is 7.32. The molecule has 0 radical (unpaired) electrons. The lowest BCUT2D eigenvalue weighted by atomic mass is 9.90. The molecular weight excluding hydrogens is 236 g/mol. The van der Waals surface area contributed by atoms with Crippen molar-refractivity contribution < 1.29 is 0 Å². The van der Waals surface area contributed by atoms with Crippen molar-refractivity contribution in [2.24, 2.45) is 5.41 Å². The van der Waals surface area contributed by atoms with E-state index in [2.05, 4.69) is 56.9 Å². The Morgan fingerprint density at radius 1 is 1.16 bits per heavy atom. The Hall–Kier alpha value is -0.900. The zero-order valence-electron chi connectivity index (χ0n) is 13.4. The van der Waals surface area contributed by atoms with E-state index in [1.807, 2.05) is 4.68 Å². The van der Waals surface area contributed by atoms with Crippen molar-refractivity contribution >= 4 is 0 Å². The fourth-order valence-corrected chi connectivity index (χ4v) is 2.05. The zero-order valence-corrected chi connectivity index (χ0v) is 13.4. The Morgan fingerprint density at radius 2 is 1.84 bits per heavy atom. The maximum Gasteiger partial charge on any atom is 0.137 e. The molecule has 0 unspecified atom stereocenters. The van der Waals surface area contributed by atoms with Crippen LogP contribution in [-0.2, 0) is 5.54 Å². The van der Waals surface area contributed by atoms with E-state index in [-0.39, 0.29) is 5.54 Å². The van der Waals surface area contributed by atoms with Crippen LogP contribution in [0.5, 0.6) is 0 Å². The van der Waals surface area contributed by atoms with Gasteiger partial charge in [0.1, 0.15) is 12.7 Å². The van der Waals surface area contributed by atoms with E-state index in [1.165, 1.54) is 19.3 Å². The average Bonchev–Trinajstić information content (AvgIpc) is 2.80. The van der Waals surface area contributed by atoms with Gasteiger partial charge in [-0.3, -0.25) is 0 Å². The first-order chi connectivity index (χ1) is 8.73. The monoisotopic (exact) mass is 266 g/mol. The van der Waals surface area contributed by atoms with Crippen LogP contribution in [0.2, 0.25) is 0 Å². The summed E-state index contributed by atoms with van der Waals surface area (Å²) in [6, 6.07) is 0.365. The molecule has 1 N–H and O–H groups in total. The molecule has 110 valence electrons. The number of nitrogens with one attached hydrogen (secondary N) is 1. The second kappa shape index (κ2) is 6.51. The predicted octanol–water partition coefficient (Wildman–Crippen LogP) is 3.21. The van der Waals surface area contributed by atoms with Crippen molar-refractivity contribution in [1.82, 2.24) is 20.1 Å². The van der Waals surface area contributed by atoms with Crippen LogP contribution in [0.1, 0.15) is 60.8 Å². The second-order valence-corrected chi connectivity index (χ2v) is 7.19. The highest BCUT2D eigenvalue weighted by molar-refractivity contribution is 4.86. The molecule has 0 aliphatic carbocycles. The van der Waals surface area contributed by atoms with Crippen molar-refractivity contribution in [3.05, 3.63) is 12.7 Å². The second-order valence-electron chi connectivity index (χ2n) is 7.19. The van der Waals surface area contributed by atoms with Gasteiger partial charge in [-0.05, 0) is 45.6 Å². The van der Waals surface area contributed by atoms with Crippen molar-refractivity contribution in [3.63, 3.8) is 0 Å². The molecule has 1 aromatic heterocycles. The van der Waals surface area contributed by atoms with Crippen molar-refractivity contribution in [3.8, 4) is 0 Å². The summed E-state index contributed by atoms with van der Waals surface area (Å²) in [5.74, 6) is 0. The molecule has 0 saturated carbocycles. The van der Waals surface area contributed by atoms with Crippen LogP contribution in [0, 0.1) is 5.41 Å². The molecule has 1 atom stereocenters. The lowest BCUT2D eigenvalue weighted by molar-refractivity contribution is 0.230. The quantitative estimate of drug-likeness (QED) is 0.771. The number of aromatic nitrogens is 3. The van der Waals surface area contributed by atoms with Crippen molar-refractivity contribution in [2.45, 2.75) is 72.4 Å². The van der Waals surface area contributed by atoms with Gasteiger partial charge in [0, 0.05) is 6.04 Å². The first-order valence-corrected chi connectivity index (χ1v) is 7.32. The average molecular weight is 266 g/mol. The predicted molar refractivity (Wildman–Crippen MR) is 80.1 cm³/mol. The number of hydrogen-bond donors (Lipinski definition) is 1. The van der Waals surface area contributed by atoms with Gasteiger partial charge < -0.3 is 5.32 Å². The van der Waals surface area contributed by atoms with Crippen molar-refractivity contribution in [2.75, 3.05) is 6.54 Å². The molecule has 0 aromatic carbocycles. The highest BCUT2D eigenvalue weighted by Crippen LogP contribution is 2.21. The van der Waals surface area contributed by atoms with E-state index in [1.54, 1.807) is 12.7 Å². The number of nitrogens with zero attached hydrogens (tertiary/aromatic N) is 3. The van der Waals surface area contributed by atoms with Gasteiger partial charge in [0.05, 0.1) is 5.54 Å². The highest BCUT2D eigenvalue weighted by atomic mass is 15.4. The molecule has 4 nitrogen and oxygen atoms in total. The van der Waals surface area contributed by atoms with E-state index in [9.17, 15) is 0 Å². The van der Waals surface area contributed by atoms with Crippen molar-refractivity contribution in [1.29, 1.82) is 0 Å². The zero-order chi connectivity index (χ0) is 14.5. The molecule has 1 rings (SSSR count). The highest BCUT2D eigenvalue weighted by Gasteiger charge is 2.28. The maximum atomic E-state index is 4.25. The summed E-state index contributed by atoms with van der Waals surface area (Å²) in [6.07, 6.45) is 7.19. The van der Waals surface area contributed by atoms with Crippen LogP contribution < -0.4 is 5.32 Å². The molecule has 1 aromatic rings. The molecular formula is C15H30N4. The summed E-state index contributed by atoms with van der Waals surface area (Å²) in [7, 11) is 0. The van der Waals surface area contributed by atoms with Gasteiger partial charge in [0.25, 0.3) is 0 Å². The summed E-state index contributed by atoms with van der Waals surface area (Å²) in [5.41, 5.74) is 0.395. The maximum absolute atomic E-state index is 4.25. The summed E-state index contributed by atoms with van der Waals surface area (Å²) in [4.78, 5) is 4.03. The van der Waals surface area contributed by atoms with E-state index in [0.717, 1.165) is 6.54 Å². The third-order valence-corrected chi connectivity index (χ3v) is 3.87. The van der Waals surface area contributed by atoms with Gasteiger partial charge in [-0.2, -0.15) is 5.10 Å². The third-order valence-electron chi connectivity index (χ3n) is 3.87. The number of hydrogen-bond acceptors (Lipinski definition) is 3. The Morgan fingerprint density at radius 3 is 2.37 bits per heavy atom. The molecule has 1 heterocycles. The minimum Gasteiger partial charge on any atom is -0.312 e. The molecule has 19 heavy (non-hydrogen) atoms. The van der Waals surface area contributed by atoms with Gasteiger partial charge in [-0.15, -0.1) is 0 Å². The Labute approximate surface area is 118 Å². The van der Waals surface area contributed by atoms with Gasteiger partial charge in [0.15, 0.2) is 0 Å². The number of unbranched alkanes of at least 4 members (excludes halogenated alkanes) is 1. The molecule has 0 aliphatic rings. The Bertz CT molecular complexity index is 349. The summed E-state index contributed by atoms with van der Waals surface area (Å²) < 4.78 is 1.93. The van der Waals surface area contributed by atoms with Crippen LogP contribution in [0.3, 0.4) is 0 Å². The van der Waals surface area contributed by atoms with Gasteiger partial charge in [-0.25, -0.2) is 9.67 Å². The van der Waals surface area contributed by atoms with Gasteiger partial charge >= 0.3 is 0 Å². The number of rotatable bonds is 7. The summed E-state index contributed by atoms with van der Waals surface area (Å²) >= 11 is 0. The smallest absolute Gasteiger partial charge is 0.137 e. The minimum absolute atomic E-state index is 0.0550. The standard InChI is InChI=1S/C15H30N4/c1-13(15(5,6)19-12-16-11-18-19)17-10-8-7-9-14(2,3)4/h11-13,17H,7-10H2,1-6H3/t13-/m0/s1. The molecule has 0 aliphatic heterocycles. The molecule has 0 saturated heterocycles. The van der Waals surface area contributed by atoms with E-state index >= 15 is 0 Å². The van der Waals surface area contributed by atoms with Crippen LogP contribution in [0.15, 0.2) is 12.7 Å². The van der Waals surface area contributed by atoms with Crippen LogP contribution in [0.25, 0.3) is 0 Å². The SMILES string of the molecule is C[C@H](NCCCCC(C)(C)C)C(C)(C)n1cncn1. The van der Waals surface area contributed by atoms with Gasteiger partial charge in [0.2, 0.25) is 0 Å². The third kappa shape index (κ3) is 5.31. The molecule has 0 amide bonds. The van der Waals surface area contributed by atoms with Gasteiger partial charge in [-0.1, -0.05) is 27.2 Å². The molecule has 4 heteroatoms. The lowest BCUT2D eigenvalue weighted by Gasteiger charge is -2.32. The Kier molecular flexibility index (Phi) is 5.53. The van der Waals surface area contributed by atoms with E-state index in [0.29, 0.717) is 11.5 Å². The topological polar surface area (TPSA) is 42.7 Å². The fourth-order valence-electron chi connectivity index (χ4n) is 2.05. The molecule has 0 spiro atoms. The van der Waals surface area contributed by atoms with Crippen LogP contribution in [0.4, 0.5) is 0 Å². The van der Waals surface area contributed by atoms with E-state index in [4.69, 9.17) is 0 Å². The molecule has 0 fully saturated rings. The fraction of sp³-hybridized carbons (Fsp3) is 0.867. The normalized spacial score (nSPS) is 14.6. The minimum atomic E-state index is -0.0550. The van der Waals surface area contributed by atoms with Crippen LogP contribution >= 0.6 is 0 Å².